The average molecular weight is 460 g/mol. The molecule has 0 bridgehead atoms. The number of sulfonamides is 1. The summed E-state index contributed by atoms with van der Waals surface area (Å²) in [5.74, 6) is 0.326. The third-order valence-electron chi connectivity index (χ3n) is 6.64. The number of hydrogen-bond donors (Lipinski definition) is 3. The maximum absolute atomic E-state index is 13.3. The minimum absolute atomic E-state index is 0.122. The van der Waals surface area contributed by atoms with Gasteiger partial charge in [0.05, 0.1) is 4.90 Å². The van der Waals surface area contributed by atoms with Crippen LogP contribution in [0.15, 0.2) is 41.3 Å². The van der Waals surface area contributed by atoms with Crippen LogP contribution in [0.2, 0.25) is 0 Å². The Labute approximate surface area is 192 Å². The van der Waals surface area contributed by atoms with Gasteiger partial charge >= 0.3 is 0 Å². The average Bonchev–Trinajstić information content (AvgIpc) is 2.79. The molecule has 32 heavy (non-hydrogen) atoms. The number of nitrogens with one attached hydrogen (secondary N) is 3. The highest BCUT2D eigenvalue weighted by Gasteiger charge is 2.25. The largest absolute Gasteiger partial charge is 0.349 e. The number of fused-ring (bicyclic) bond motifs is 1. The maximum atomic E-state index is 13.3. The second kappa shape index (κ2) is 11.3. The number of benzene rings is 2. The molecule has 1 fully saturated rings. The standard InChI is InChI=1S/C25H37N3O3S/c1-4-19(11-9-17-26-3)28-32(30,31)24-16-8-12-20-21(24)13-7-14-22(20)25(29)27-23-15-6-5-10-18(23)2/h7-8,12-14,16,18-19,23,26,28H,4-6,9-11,15,17H2,1-3H3,(H,27,29). The van der Waals surface area contributed by atoms with Crippen molar-refractivity contribution in [2.24, 2.45) is 5.92 Å². The molecular formula is C25H37N3O3S. The lowest BCUT2D eigenvalue weighted by Crippen LogP contribution is -2.41. The van der Waals surface area contributed by atoms with Gasteiger partial charge in [-0.05, 0) is 69.1 Å². The lowest BCUT2D eigenvalue weighted by atomic mass is 9.85. The van der Waals surface area contributed by atoms with E-state index in [-0.39, 0.29) is 22.9 Å². The predicted molar refractivity (Wildman–Crippen MR) is 130 cm³/mol. The van der Waals surface area contributed by atoms with Crippen LogP contribution in [-0.4, -0.2) is 40.0 Å². The van der Waals surface area contributed by atoms with Crippen LogP contribution in [-0.2, 0) is 10.0 Å². The Balaban J connectivity index is 1.87. The van der Waals surface area contributed by atoms with Gasteiger partial charge in [0.1, 0.15) is 0 Å². The monoisotopic (exact) mass is 459 g/mol. The lowest BCUT2D eigenvalue weighted by Gasteiger charge is -2.29. The zero-order chi connectivity index (χ0) is 23.1. The van der Waals surface area contributed by atoms with Crippen molar-refractivity contribution in [1.29, 1.82) is 0 Å². The number of hydrogen-bond acceptors (Lipinski definition) is 4. The van der Waals surface area contributed by atoms with Crippen molar-refractivity contribution in [3.05, 3.63) is 42.0 Å². The first-order valence-corrected chi connectivity index (χ1v) is 13.3. The Morgan fingerprint density at radius 2 is 1.81 bits per heavy atom. The molecular weight excluding hydrogens is 422 g/mol. The molecule has 6 nitrogen and oxygen atoms in total. The Kier molecular flexibility index (Phi) is 8.68. The maximum Gasteiger partial charge on any atom is 0.252 e. The van der Waals surface area contributed by atoms with Crippen molar-refractivity contribution < 1.29 is 13.2 Å². The van der Waals surface area contributed by atoms with Crippen LogP contribution in [0, 0.1) is 5.92 Å². The Hall–Kier alpha value is -1.96. The van der Waals surface area contributed by atoms with Crippen molar-refractivity contribution >= 4 is 26.7 Å². The van der Waals surface area contributed by atoms with Gasteiger partial charge in [0.25, 0.3) is 5.91 Å². The van der Waals surface area contributed by atoms with Gasteiger partial charge in [0.2, 0.25) is 10.0 Å². The third-order valence-corrected chi connectivity index (χ3v) is 8.22. The third kappa shape index (κ3) is 5.88. The van der Waals surface area contributed by atoms with Crippen LogP contribution in [0.3, 0.4) is 0 Å². The molecule has 1 aliphatic rings. The van der Waals surface area contributed by atoms with Crippen molar-refractivity contribution in [2.45, 2.75) is 75.8 Å². The van der Waals surface area contributed by atoms with Gasteiger partial charge in [-0.15, -0.1) is 0 Å². The van der Waals surface area contributed by atoms with Crippen LogP contribution in [0.1, 0.15) is 69.2 Å². The van der Waals surface area contributed by atoms with Crippen molar-refractivity contribution in [3.8, 4) is 0 Å². The van der Waals surface area contributed by atoms with Crippen LogP contribution in [0.25, 0.3) is 10.8 Å². The van der Waals surface area contributed by atoms with E-state index in [1.807, 2.05) is 20.0 Å². The number of carbonyl (C=O) groups is 1. The van der Waals surface area contributed by atoms with Crippen LogP contribution in [0.4, 0.5) is 0 Å². The summed E-state index contributed by atoms with van der Waals surface area (Å²) in [4.78, 5) is 13.3. The number of rotatable bonds is 10. The fourth-order valence-electron chi connectivity index (χ4n) is 4.64. The SMILES string of the molecule is CCC(CCCNC)NS(=O)(=O)c1cccc2c(C(=O)NC3CCCCC3C)cccc12. The molecule has 0 aliphatic heterocycles. The van der Waals surface area contributed by atoms with E-state index in [9.17, 15) is 13.2 Å². The van der Waals surface area contributed by atoms with E-state index in [2.05, 4.69) is 22.3 Å². The summed E-state index contributed by atoms with van der Waals surface area (Å²) < 4.78 is 29.4. The molecule has 3 N–H and O–H groups in total. The van der Waals surface area contributed by atoms with Crippen LogP contribution >= 0.6 is 0 Å². The summed E-state index contributed by atoms with van der Waals surface area (Å²) >= 11 is 0. The molecule has 1 amide bonds. The first-order chi connectivity index (χ1) is 15.4. The van der Waals surface area contributed by atoms with E-state index >= 15 is 0 Å². The van der Waals surface area contributed by atoms with Gasteiger partial charge in [-0.25, -0.2) is 13.1 Å². The highest BCUT2D eigenvalue weighted by molar-refractivity contribution is 7.89. The second-order valence-electron chi connectivity index (χ2n) is 8.97. The molecule has 0 radical (unpaired) electrons. The fourth-order valence-corrected chi connectivity index (χ4v) is 6.22. The van der Waals surface area contributed by atoms with Gasteiger partial charge in [0.15, 0.2) is 0 Å². The Bertz CT molecular complexity index is 1020. The second-order valence-corrected chi connectivity index (χ2v) is 10.7. The normalized spacial score (nSPS) is 20.2. The van der Waals surface area contributed by atoms with E-state index in [1.165, 1.54) is 6.42 Å². The van der Waals surface area contributed by atoms with E-state index < -0.39 is 10.0 Å². The highest BCUT2D eigenvalue weighted by atomic mass is 32.2. The molecule has 1 saturated carbocycles. The molecule has 1 aliphatic carbocycles. The molecule has 3 rings (SSSR count). The van der Waals surface area contributed by atoms with Gasteiger partial charge in [-0.3, -0.25) is 4.79 Å². The summed E-state index contributed by atoms with van der Waals surface area (Å²) in [6, 6.07) is 10.6. The Morgan fingerprint density at radius 3 is 2.53 bits per heavy atom. The minimum atomic E-state index is -3.72. The molecule has 176 valence electrons. The highest BCUT2D eigenvalue weighted by Crippen LogP contribution is 2.28. The minimum Gasteiger partial charge on any atom is -0.349 e. The van der Waals surface area contributed by atoms with E-state index in [1.54, 1.807) is 30.3 Å². The smallest absolute Gasteiger partial charge is 0.252 e. The molecule has 3 unspecified atom stereocenters. The molecule has 2 aromatic carbocycles. The van der Waals surface area contributed by atoms with Crippen LogP contribution in [0.5, 0.6) is 0 Å². The molecule has 3 atom stereocenters. The summed E-state index contributed by atoms with van der Waals surface area (Å²) in [5.41, 5.74) is 0.526. The summed E-state index contributed by atoms with van der Waals surface area (Å²) in [5, 5.41) is 7.54. The molecule has 0 saturated heterocycles. The molecule has 7 heteroatoms. The predicted octanol–water partition coefficient (Wildman–Crippen LogP) is 4.20. The van der Waals surface area contributed by atoms with Gasteiger partial charge in [-0.1, -0.05) is 51.0 Å². The lowest BCUT2D eigenvalue weighted by molar-refractivity contribution is 0.0912. The first kappa shape index (κ1) is 24.7. The first-order valence-electron chi connectivity index (χ1n) is 11.9. The quantitative estimate of drug-likeness (QED) is 0.465. The van der Waals surface area contributed by atoms with Crippen molar-refractivity contribution in [3.63, 3.8) is 0 Å². The van der Waals surface area contributed by atoms with Crippen molar-refractivity contribution in [2.75, 3.05) is 13.6 Å². The van der Waals surface area contributed by atoms with Gasteiger partial charge < -0.3 is 10.6 Å². The van der Waals surface area contributed by atoms with E-state index in [4.69, 9.17) is 0 Å². The van der Waals surface area contributed by atoms with Gasteiger partial charge in [-0.2, -0.15) is 0 Å². The van der Waals surface area contributed by atoms with E-state index in [0.29, 0.717) is 22.3 Å². The topological polar surface area (TPSA) is 87.3 Å². The molecule has 2 aromatic rings. The zero-order valence-electron chi connectivity index (χ0n) is 19.5. The van der Waals surface area contributed by atoms with Crippen molar-refractivity contribution in [1.82, 2.24) is 15.4 Å². The van der Waals surface area contributed by atoms with Gasteiger partial charge in [0, 0.05) is 23.0 Å². The zero-order valence-corrected chi connectivity index (χ0v) is 20.3. The Morgan fingerprint density at radius 1 is 1.09 bits per heavy atom. The number of carbonyl (C=O) groups excluding carboxylic acids is 1. The fraction of sp³-hybridized carbons (Fsp3) is 0.560. The number of amides is 1. The molecule has 0 heterocycles. The summed E-state index contributed by atoms with van der Waals surface area (Å²) in [6.07, 6.45) is 6.86. The molecule has 0 aromatic heterocycles. The van der Waals surface area contributed by atoms with Crippen LogP contribution < -0.4 is 15.4 Å². The summed E-state index contributed by atoms with van der Waals surface area (Å²) in [7, 11) is -1.82. The summed E-state index contributed by atoms with van der Waals surface area (Å²) in [6.45, 7) is 5.03. The van der Waals surface area contributed by atoms with E-state index in [0.717, 1.165) is 45.1 Å². The molecule has 0 spiro atoms.